The van der Waals surface area contributed by atoms with Crippen molar-refractivity contribution in [3.63, 3.8) is 0 Å². The van der Waals surface area contributed by atoms with E-state index in [9.17, 15) is 13.0 Å². The van der Waals surface area contributed by atoms with Crippen LogP contribution in [0.5, 0.6) is 5.75 Å². The highest BCUT2D eigenvalue weighted by atomic mass is 32.2. The fourth-order valence-electron chi connectivity index (χ4n) is 15.8. The fraction of sp³-hybridized carbons (Fsp3) is 0.714. The molecule has 0 amide bonds. The van der Waals surface area contributed by atoms with Crippen LogP contribution >= 0.6 is 70.6 Å². The second kappa shape index (κ2) is 13.1. The van der Waals surface area contributed by atoms with Crippen LogP contribution in [0.25, 0.3) is 0 Å². The van der Waals surface area contributed by atoms with Crippen LogP contribution in [0.3, 0.4) is 0 Å². The zero-order valence-corrected chi connectivity index (χ0v) is 38.4. The molecule has 60 heavy (non-hydrogen) atoms. The molecule has 0 radical (unpaired) electrons. The molecule has 12 heterocycles. The molecule has 322 valence electrons. The average Bonchev–Trinajstić information content (AvgIpc) is 4.07. The SMILES string of the molecule is O=S(=O)([O-])c1c(F)c(F)c(OS(=O)(=O)c2c(C3CC4SC3C3C5CCC(S5)C43)cc(C3CC4SC3C3C5CCC(S5)C43)cc2C2CC3SC2C2C4CCC(S4)C32)c(F)c1F. The first-order chi connectivity index (χ1) is 28.7. The summed E-state index contributed by atoms with van der Waals surface area (Å²) in [6.45, 7) is 0. The van der Waals surface area contributed by atoms with Gasteiger partial charge in [-0.1, -0.05) is 12.1 Å². The Morgan fingerprint density at radius 1 is 0.483 bits per heavy atom. The number of rotatable bonds is 7. The van der Waals surface area contributed by atoms with Gasteiger partial charge in [-0.05, 0) is 128 Å². The smallest absolute Gasteiger partial charge is 0.339 e. The fourth-order valence-corrected chi connectivity index (χ4v) is 31.5. The summed E-state index contributed by atoms with van der Waals surface area (Å²) in [7, 11) is -11.2. The Kier molecular flexibility index (Phi) is 8.53. The Bertz CT molecular complexity index is 2410. The van der Waals surface area contributed by atoms with Gasteiger partial charge in [0.1, 0.15) is 19.9 Å². The zero-order valence-electron chi connectivity index (χ0n) is 31.9. The molecule has 6 nitrogen and oxygen atoms in total. The molecular formula is C42H41F4O6S8-. The second-order valence-corrected chi connectivity index (χ2v) is 31.2. The van der Waals surface area contributed by atoms with Gasteiger partial charge in [0.05, 0.1) is 0 Å². The van der Waals surface area contributed by atoms with Crippen molar-refractivity contribution in [2.45, 2.75) is 148 Å². The molecule has 12 bridgehead atoms. The molecule has 2 aromatic rings. The Morgan fingerprint density at radius 3 is 1.25 bits per heavy atom. The molecule has 0 saturated carbocycles. The van der Waals surface area contributed by atoms with Crippen molar-refractivity contribution in [3.05, 3.63) is 52.1 Å². The third-order valence-electron chi connectivity index (χ3n) is 17.5. The summed E-state index contributed by atoms with van der Waals surface area (Å²) in [5.74, 6) is -8.40. The van der Waals surface area contributed by atoms with Gasteiger partial charge in [-0.3, -0.25) is 0 Å². The first-order valence-electron chi connectivity index (χ1n) is 21.6. The monoisotopic (exact) mass is 973 g/mol. The van der Waals surface area contributed by atoms with Crippen molar-refractivity contribution in [1.82, 2.24) is 0 Å². The van der Waals surface area contributed by atoms with E-state index in [1.54, 1.807) is 0 Å². The van der Waals surface area contributed by atoms with Gasteiger partial charge in [0.15, 0.2) is 11.6 Å². The van der Waals surface area contributed by atoms with Crippen LogP contribution in [0.4, 0.5) is 17.6 Å². The zero-order chi connectivity index (χ0) is 40.6. The molecule has 21 unspecified atom stereocenters. The maximum atomic E-state index is 15.7. The minimum absolute atomic E-state index is 0.119. The molecule has 12 aliphatic rings. The first-order valence-corrected chi connectivity index (χ1v) is 30.1. The molecule has 2 aromatic carbocycles. The minimum atomic E-state index is -6.01. The van der Waals surface area contributed by atoms with Gasteiger partial charge in [-0.25, -0.2) is 17.2 Å². The Hall–Kier alpha value is -0.0800. The van der Waals surface area contributed by atoms with Crippen LogP contribution in [0, 0.1) is 58.8 Å². The summed E-state index contributed by atoms with van der Waals surface area (Å²) in [6, 6.07) is 4.22. The highest BCUT2D eigenvalue weighted by molar-refractivity contribution is 8.04. The van der Waals surface area contributed by atoms with Gasteiger partial charge in [-0.2, -0.15) is 87.8 Å². The molecule has 0 aliphatic carbocycles. The lowest BCUT2D eigenvalue weighted by atomic mass is 9.63. The Labute approximate surface area is 372 Å². The lowest BCUT2D eigenvalue weighted by Gasteiger charge is -2.40. The van der Waals surface area contributed by atoms with Crippen molar-refractivity contribution in [2.24, 2.45) is 35.5 Å². The van der Waals surface area contributed by atoms with Crippen LogP contribution in [0.1, 0.15) is 92.2 Å². The van der Waals surface area contributed by atoms with Gasteiger partial charge >= 0.3 is 10.1 Å². The highest BCUT2D eigenvalue weighted by Gasteiger charge is 2.67. The summed E-state index contributed by atoms with van der Waals surface area (Å²) >= 11 is 12.5. The van der Waals surface area contributed by atoms with Gasteiger partial charge in [0.25, 0.3) is 0 Å². The van der Waals surface area contributed by atoms with E-state index in [-0.39, 0.29) is 33.1 Å². The molecule has 0 spiro atoms. The summed E-state index contributed by atoms with van der Waals surface area (Å²) < 4.78 is 133. The van der Waals surface area contributed by atoms with E-state index in [0.717, 1.165) is 48.8 Å². The summed E-state index contributed by atoms with van der Waals surface area (Å²) in [6.07, 6.45) is 9.86. The second-order valence-electron chi connectivity index (χ2n) is 19.7. The average molecular weight is 974 g/mol. The number of hydrogen-bond donors (Lipinski definition) is 0. The van der Waals surface area contributed by atoms with E-state index < -0.39 is 54.2 Å². The molecule has 0 aromatic heterocycles. The molecule has 18 heteroatoms. The minimum Gasteiger partial charge on any atom is -0.744 e. The third-order valence-corrected chi connectivity index (χ3v) is 30.6. The van der Waals surface area contributed by atoms with E-state index in [0.29, 0.717) is 88.0 Å². The summed E-state index contributed by atoms with van der Waals surface area (Å²) in [5, 5.41) is 5.70. The Morgan fingerprint density at radius 2 is 0.850 bits per heavy atom. The molecule has 12 saturated heterocycles. The maximum absolute atomic E-state index is 15.7. The van der Waals surface area contributed by atoms with Crippen LogP contribution in [0.2, 0.25) is 0 Å². The quantitative estimate of drug-likeness (QED) is 0.114. The van der Waals surface area contributed by atoms with E-state index in [1.165, 1.54) is 25.7 Å². The topological polar surface area (TPSA) is 101 Å². The van der Waals surface area contributed by atoms with Crippen LogP contribution in [0.15, 0.2) is 21.9 Å². The van der Waals surface area contributed by atoms with Gasteiger partial charge in [0, 0.05) is 63.0 Å². The van der Waals surface area contributed by atoms with Gasteiger partial charge in [0.2, 0.25) is 17.4 Å². The predicted octanol–water partition coefficient (Wildman–Crippen LogP) is 9.36. The van der Waals surface area contributed by atoms with Crippen LogP contribution in [-0.4, -0.2) is 84.4 Å². The standard InChI is InChI=1S/C42H42F4O6S8/c43-33-35(45)42(59(47,48)49)36(46)34(44)37(33)52-60(50,51)41-16(14-10-25-28-19-2-5-22(54-19)31(28)39(14)57-25)7-12(13-9-24-27-18-1-4-21(53-18)30(27)38(13)56-24)8-17(41)15-11-26-29-20-3-6-23(55-20)32(29)40(15)58-26/h7-8,13-15,18-32,38-40H,1-6,9-11H2,(H,47,48,49)/p-1. The molecule has 12 aliphatic heterocycles. The van der Waals surface area contributed by atoms with E-state index in [2.05, 4.69) is 59.2 Å². The van der Waals surface area contributed by atoms with Gasteiger partial charge < -0.3 is 8.74 Å². The van der Waals surface area contributed by atoms with Gasteiger partial charge in [-0.15, -0.1) is 0 Å². The van der Waals surface area contributed by atoms with E-state index >= 15 is 26.0 Å². The number of hydrogen-bond acceptors (Lipinski definition) is 12. The molecular weight excluding hydrogens is 933 g/mol. The number of benzene rings is 2. The van der Waals surface area contributed by atoms with Crippen molar-refractivity contribution in [3.8, 4) is 5.75 Å². The van der Waals surface area contributed by atoms with Crippen LogP contribution in [-0.2, 0) is 20.2 Å². The maximum Gasteiger partial charge on any atom is 0.339 e. The lowest BCUT2D eigenvalue weighted by Crippen LogP contribution is -2.41. The van der Waals surface area contributed by atoms with Crippen LogP contribution < -0.4 is 4.18 Å². The van der Waals surface area contributed by atoms with E-state index in [1.807, 2.05) is 23.5 Å². The van der Waals surface area contributed by atoms with E-state index in [4.69, 9.17) is 4.18 Å². The number of halogens is 4. The molecule has 12 fully saturated rings. The van der Waals surface area contributed by atoms with Crippen molar-refractivity contribution < 1.29 is 43.1 Å². The third kappa shape index (κ3) is 5.09. The lowest BCUT2D eigenvalue weighted by molar-refractivity contribution is 0.225. The molecule has 14 rings (SSSR count). The number of fused-ring (bicyclic) bond motifs is 27. The predicted molar refractivity (Wildman–Crippen MR) is 230 cm³/mol. The Balaban J connectivity index is 0.951. The summed E-state index contributed by atoms with van der Waals surface area (Å²) in [4.78, 5) is -2.46. The first kappa shape index (κ1) is 39.1. The largest absolute Gasteiger partial charge is 0.744 e. The van der Waals surface area contributed by atoms with Crippen molar-refractivity contribution in [2.75, 3.05) is 0 Å². The summed E-state index contributed by atoms with van der Waals surface area (Å²) in [5.41, 5.74) is 2.39. The molecule has 21 atom stereocenters. The number of thioether (sulfide) groups is 6. The van der Waals surface area contributed by atoms with Crippen molar-refractivity contribution >= 4 is 90.8 Å². The highest BCUT2D eigenvalue weighted by Crippen LogP contribution is 2.74. The normalized spacial score (nSPS) is 49.2. The van der Waals surface area contributed by atoms with Crippen molar-refractivity contribution in [1.29, 1.82) is 0 Å². The molecule has 0 N–H and O–H groups in total.